The van der Waals surface area contributed by atoms with Gasteiger partial charge in [-0.2, -0.15) is 0 Å². The molecule has 1 aromatic carbocycles. The van der Waals surface area contributed by atoms with Crippen LogP contribution in [0, 0.1) is 11.6 Å². The highest BCUT2D eigenvalue weighted by Gasteiger charge is 2.28. The Morgan fingerprint density at radius 2 is 2.29 bits per heavy atom. The summed E-state index contributed by atoms with van der Waals surface area (Å²) in [6.45, 7) is 4.39. The molecule has 1 heterocycles. The molecule has 2 rings (SSSR count). The molecule has 0 radical (unpaired) electrons. The van der Waals surface area contributed by atoms with Gasteiger partial charge in [0, 0.05) is 12.1 Å². The van der Waals surface area contributed by atoms with Crippen molar-refractivity contribution >= 4 is 5.96 Å². The Balaban J connectivity index is 2.33. The van der Waals surface area contributed by atoms with E-state index in [1.807, 2.05) is 0 Å². The van der Waals surface area contributed by atoms with E-state index in [-0.39, 0.29) is 11.6 Å². The maximum Gasteiger partial charge on any atom is 0.192 e. The summed E-state index contributed by atoms with van der Waals surface area (Å²) in [5.41, 5.74) is 5.97. The second-order valence-electron chi connectivity index (χ2n) is 3.82. The van der Waals surface area contributed by atoms with Crippen LogP contribution in [0.5, 0.6) is 0 Å². The first kappa shape index (κ1) is 11.6. The van der Waals surface area contributed by atoms with Gasteiger partial charge in [-0.25, -0.2) is 8.78 Å². The zero-order valence-electron chi connectivity index (χ0n) is 9.24. The number of halogens is 2. The first-order chi connectivity index (χ1) is 8.13. The summed E-state index contributed by atoms with van der Waals surface area (Å²) in [5.74, 6) is -0.584. The highest BCUT2D eigenvalue weighted by atomic mass is 19.1. The predicted molar refractivity (Wildman–Crippen MR) is 62.5 cm³/mol. The molecule has 0 saturated heterocycles. The van der Waals surface area contributed by atoms with Gasteiger partial charge in [-0.05, 0) is 18.2 Å². The molecule has 0 spiro atoms. The van der Waals surface area contributed by atoms with Crippen molar-refractivity contribution in [2.45, 2.75) is 6.04 Å². The van der Waals surface area contributed by atoms with Crippen molar-refractivity contribution in [2.75, 3.05) is 13.1 Å². The number of hydrogen-bond acceptors (Lipinski definition) is 3. The molecule has 0 saturated carbocycles. The standard InChI is InChI=1S/C12H13F2N3/c1-2-5-17-11(7-16-12(17)15)9-6-8(13)3-4-10(9)14/h2-4,6,11H,1,5,7H2,(H2,15,16). The molecule has 0 fully saturated rings. The molecule has 0 aromatic heterocycles. The van der Waals surface area contributed by atoms with Gasteiger partial charge in [0.2, 0.25) is 0 Å². The fourth-order valence-electron chi connectivity index (χ4n) is 1.93. The van der Waals surface area contributed by atoms with E-state index in [1.165, 1.54) is 6.07 Å². The van der Waals surface area contributed by atoms with Crippen molar-refractivity contribution in [3.8, 4) is 0 Å². The molecular weight excluding hydrogens is 224 g/mol. The lowest BCUT2D eigenvalue weighted by molar-refractivity contribution is 0.367. The first-order valence-corrected chi connectivity index (χ1v) is 5.26. The van der Waals surface area contributed by atoms with Gasteiger partial charge in [-0.1, -0.05) is 6.08 Å². The highest BCUT2D eigenvalue weighted by molar-refractivity contribution is 5.80. The van der Waals surface area contributed by atoms with Crippen LogP contribution in [0.2, 0.25) is 0 Å². The molecule has 5 heteroatoms. The van der Waals surface area contributed by atoms with Crippen LogP contribution in [0.25, 0.3) is 0 Å². The smallest absolute Gasteiger partial charge is 0.192 e. The van der Waals surface area contributed by atoms with E-state index < -0.39 is 11.6 Å². The third-order valence-corrected chi connectivity index (χ3v) is 2.74. The lowest BCUT2D eigenvalue weighted by Crippen LogP contribution is -2.36. The number of hydrogen-bond donors (Lipinski definition) is 1. The second kappa shape index (κ2) is 4.53. The lowest BCUT2D eigenvalue weighted by atomic mass is 10.1. The Hall–Kier alpha value is -1.91. The summed E-state index contributed by atoms with van der Waals surface area (Å²) < 4.78 is 26.8. The van der Waals surface area contributed by atoms with Crippen LogP contribution >= 0.6 is 0 Å². The maximum absolute atomic E-state index is 13.7. The molecular formula is C12H13F2N3. The van der Waals surface area contributed by atoms with E-state index in [4.69, 9.17) is 5.73 Å². The largest absolute Gasteiger partial charge is 0.370 e. The molecule has 90 valence electrons. The zero-order chi connectivity index (χ0) is 12.4. The minimum atomic E-state index is -0.467. The normalized spacial score (nSPS) is 19.3. The van der Waals surface area contributed by atoms with E-state index in [2.05, 4.69) is 11.6 Å². The quantitative estimate of drug-likeness (QED) is 0.815. The van der Waals surface area contributed by atoms with Crippen LogP contribution in [0.1, 0.15) is 11.6 Å². The summed E-state index contributed by atoms with van der Waals surface area (Å²) in [6, 6.07) is 3.04. The van der Waals surface area contributed by atoms with Crippen molar-refractivity contribution in [3.63, 3.8) is 0 Å². The molecule has 1 unspecified atom stereocenters. The topological polar surface area (TPSA) is 41.6 Å². The average molecular weight is 237 g/mol. The van der Waals surface area contributed by atoms with Crippen LogP contribution in [-0.2, 0) is 0 Å². The van der Waals surface area contributed by atoms with Gasteiger partial charge < -0.3 is 10.6 Å². The number of nitrogens with two attached hydrogens (primary N) is 1. The van der Waals surface area contributed by atoms with Gasteiger partial charge in [0.1, 0.15) is 11.6 Å². The maximum atomic E-state index is 13.7. The minimum Gasteiger partial charge on any atom is -0.370 e. The molecule has 1 aliphatic heterocycles. The average Bonchev–Trinajstić information content (AvgIpc) is 2.65. The van der Waals surface area contributed by atoms with E-state index in [9.17, 15) is 8.78 Å². The molecule has 0 aliphatic carbocycles. The van der Waals surface area contributed by atoms with Crippen molar-refractivity contribution in [2.24, 2.45) is 10.7 Å². The number of guanidine groups is 1. The Morgan fingerprint density at radius 3 is 3.00 bits per heavy atom. The van der Waals surface area contributed by atoms with Crippen LogP contribution in [0.3, 0.4) is 0 Å². The van der Waals surface area contributed by atoms with E-state index in [0.717, 1.165) is 12.1 Å². The summed E-state index contributed by atoms with van der Waals surface area (Å²) in [4.78, 5) is 5.75. The molecule has 1 aliphatic rings. The molecule has 3 nitrogen and oxygen atoms in total. The third-order valence-electron chi connectivity index (χ3n) is 2.74. The zero-order valence-corrected chi connectivity index (χ0v) is 9.24. The summed E-state index contributed by atoms with van der Waals surface area (Å²) in [6.07, 6.45) is 1.65. The van der Waals surface area contributed by atoms with Crippen molar-refractivity contribution in [1.29, 1.82) is 0 Å². The molecule has 17 heavy (non-hydrogen) atoms. The number of aliphatic imine (C=N–C) groups is 1. The van der Waals surface area contributed by atoms with Gasteiger partial charge in [-0.15, -0.1) is 6.58 Å². The Morgan fingerprint density at radius 1 is 1.53 bits per heavy atom. The lowest BCUT2D eigenvalue weighted by Gasteiger charge is -2.25. The van der Waals surface area contributed by atoms with E-state index in [0.29, 0.717) is 19.0 Å². The SMILES string of the molecule is C=CCN1C(N)=NCC1c1cc(F)ccc1F. The van der Waals surface area contributed by atoms with E-state index in [1.54, 1.807) is 11.0 Å². The van der Waals surface area contributed by atoms with Crippen LogP contribution in [0.4, 0.5) is 8.78 Å². The fourth-order valence-corrected chi connectivity index (χ4v) is 1.93. The fraction of sp³-hybridized carbons (Fsp3) is 0.250. The first-order valence-electron chi connectivity index (χ1n) is 5.26. The number of rotatable bonds is 3. The molecule has 1 aromatic rings. The van der Waals surface area contributed by atoms with Gasteiger partial charge in [0.25, 0.3) is 0 Å². The number of benzene rings is 1. The number of nitrogens with zero attached hydrogens (tertiary/aromatic N) is 2. The molecule has 0 amide bonds. The second-order valence-corrected chi connectivity index (χ2v) is 3.82. The monoisotopic (exact) mass is 237 g/mol. The molecule has 2 N–H and O–H groups in total. The van der Waals surface area contributed by atoms with Gasteiger partial charge in [-0.3, -0.25) is 4.99 Å². The Bertz CT molecular complexity index is 471. The van der Waals surface area contributed by atoms with E-state index >= 15 is 0 Å². The van der Waals surface area contributed by atoms with Crippen molar-refractivity contribution in [3.05, 3.63) is 48.1 Å². The van der Waals surface area contributed by atoms with Gasteiger partial charge in [0.15, 0.2) is 5.96 Å². The Kier molecular flexibility index (Phi) is 3.08. The van der Waals surface area contributed by atoms with Crippen molar-refractivity contribution < 1.29 is 8.78 Å². The van der Waals surface area contributed by atoms with Gasteiger partial charge in [0.05, 0.1) is 12.6 Å². The molecule has 0 bridgehead atoms. The third kappa shape index (κ3) is 2.13. The summed E-state index contributed by atoms with van der Waals surface area (Å²) in [7, 11) is 0. The van der Waals surface area contributed by atoms with Crippen molar-refractivity contribution in [1.82, 2.24) is 4.90 Å². The molecule has 1 atom stereocenters. The van der Waals surface area contributed by atoms with Crippen LogP contribution in [0.15, 0.2) is 35.8 Å². The summed E-state index contributed by atoms with van der Waals surface area (Å²) >= 11 is 0. The van der Waals surface area contributed by atoms with Crippen LogP contribution in [-0.4, -0.2) is 23.9 Å². The van der Waals surface area contributed by atoms with Gasteiger partial charge >= 0.3 is 0 Å². The predicted octanol–water partition coefficient (Wildman–Crippen LogP) is 1.82. The summed E-state index contributed by atoms with van der Waals surface area (Å²) in [5, 5.41) is 0. The Labute approximate surface area is 98.3 Å². The minimum absolute atomic E-state index is 0.274. The highest BCUT2D eigenvalue weighted by Crippen LogP contribution is 2.27. The van der Waals surface area contributed by atoms with Crippen LogP contribution < -0.4 is 5.73 Å².